The Bertz CT molecular complexity index is 683. The van der Waals surface area contributed by atoms with E-state index in [0.29, 0.717) is 0 Å². The first-order valence-corrected chi connectivity index (χ1v) is 13.5. The van der Waals surface area contributed by atoms with E-state index >= 15 is 0 Å². The van der Waals surface area contributed by atoms with E-state index in [1.54, 1.807) is 29.5 Å². The number of aryl methyl sites for hydroxylation is 2. The summed E-state index contributed by atoms with van der Waals surface area (Å²) in [6, 6.07) is 7.51. The number of fused-ring (bicyclic) bond motifs is 2. The molecule has 0 aliphatic heterocycles. The standard InChI is InChI=1S/C30H46/c1-3-5-7-9-23-11-13-27-21-29(17-15-25(27)19-23)30-18-16-26-20-24(10-8-6-4-2)12-14-28(26)22-30/h3,5,12,14,20,23,25,27,29-30H,4,6-11,13,15-19,21-22H2,1-2H3. The summed E-state index contributed by atoms with van der Waals surface area (Å²) in [5.41, 5.74) is 4.98. The van der Waals surface area contributed by atoms with Gasteiger partial charge in [-0.15, -0.1) is 0 Å². The summed E-state index contributed by atoms with van der Waals surface area (Å²) in [5, 5.41) is 0. The molecule has 0 amide bonds. The fraction of sp³-hybridized carbons (Fsp3) is 0.733. The van der Waals surface area contributed by atoms with Gasteiger partial charge in [-0.1, -0.05) is 56.5 Å². The van der Waals surface area contributed by atoms with Gasteiger partial charge >= 0.3 is 0 Å². The summed E-state index contributed by atoms with van der Waals surface area (Å²) >= 11 is 0. The van der Waals surface area contributed by atoms with Crippen molar-refractivity contribution in [3.05, 3.63) is 47.0 Å². The Morgan fingerprint density at radius 1 is 0.867 bits per heavy atom. The Kier molecular flexibility index (Phi) is 8.14. The molecule has 3 aliphatic carbocycles. The van der Waals surface area contributed by atoms with E-state index in [9.17, 15) is 0 Å². The summed E-state index contributed by atoms with van der Waals surface area (Å²) < 4.78 is 0. The Balaban J connectivity index is 1.28. The van der Waals surface area contributed by atoms with Crippen LogP contribution in [0.15, 0.2) is 30.4 Å². The molecule has 5 atom stereocenters. The van der Waals surface area contributed by atoms with Gasteiger partial charge in [0.15, 0.2) is 0 Å². The van der Waals surface area contributed by atoms with Crippen LogP contribution < -0.4 is 0 Å². The van der Waals surface area contributed by atoms with Crippen LogP contribution in [0.25, 0.3) is 0 Å². The number of hydrogen-bond acceptors (Lipinski definition) is 0. The Labute approximate surface area is 186 Å². The molecule has 0 heteroatoms. The monoisotopic (exact) mass is 406 g/mol. The van der Waals surface area contributed by atoms with Crippen molar-refractivity contribution >= 4 is 0 Å². The molecule has 4 rings (SSSR count). The highest BCUT2D eigenvalue weighted by molar-refractivity contribution is 5.34. The maximum absolute atomic E-state index is 2.56. The molecule has 0 bridgehead atoms. The Hall–Kier alpha value is -1.04. The first-order chi connectivity index (χ1) is 14.8. The van der Waals surface area contributed by atoms with Crippen molar-refractivity contribution in [2.24, 2.45) is 29.6 Å². The van der Waals surface area contributed by atoms with Gasteiger partial charge in [-0.2, -0.15) is 0 Å². The molecule has 0 radical (unpaired) electrons. The highest BCUT2D eigenvalue weighted by Crippen LogP contribution is 2.49. The van der Waals surface area contributed by atoms with Crippen LogP contribution in [0.1, 0.15) is 108 Å². The van der Waals surface area contributed by atoms with E-state index in [1.807, 2.05) is 0 Å². The van der Waals surface area contributed by atoms with Gasteiger partial charge in [0.1, 0.15) is 0 Å². The van der Waals surface area contributed by atoms with Crippen LogP contribution in [-0.2, 0) is 19.3 Å². The van der Waals surface area contributed by atoms with Crippen molar-refractivity contribution in [2.75, 3.05) is 0 Å². The normalized spacial score (nSPS) is 31.5. The molecule has 0 nitrogen and oxygen atoms in total. The molecule has 0 N–H and O–H groups in total. The fourth-order valence-corrected chi connectivity index (χ4v) is 7.19. The van der Waals surface area contributed by atoms with Crippen molar-refractivity contribution < 1.29 is 0 Å². The van der Waals surface area contributed by atoms with Gasteiger partial charge in [-0.3, -0.25) is 0 Å². The minimum absolute atomic E-state index is 0.969. The average molecular weight is 407 g/mol. The van der Waals surface area contributed by atoms with Gasteiger partial charge in [0.25, 0.3) is 0 Å². The van der Waals surface area contributed by atoms with Gasteiger partial charge in [-0.25, -0.2) is 0 Å². The van der Waals surface area contributed by atoms with Gasteiger partial charge in [0.2, 0.25) is 0 Å². The smallest absolute Gasteiger partial charge is 0.0245 e. The lowest BCUT2D eigenvalue weighted by molar-refractivity contribution is 0.0699. The quantitative estimate of drug-likeness (QED) is 0.299. The number of rotatable bonds is 8. The maximum atomic E-state index is 2.56. The lowest BCUT2D eigenvalue weighted by atomic mass is 9.61. The zero-order valence-electron chi connectivity index (χ0n) is 19.9. The lowest BCUT2D eigenvalue weighted by Gasteiger charge is -2.45. The minimum atomic E-state index is 0.969. The summed E-state index contributed by atoms with van der Waals surface area (Å²) in [4.78, 5) is 0. The summed E-state index contributed by atoms with van der Waals surface area (Å²) in [7, 11) is 0. The van der Waals surface area contributed by atoms with E-state index in [4.69, 9.17) is 0 Å². The molecule has 3 aliphatic rings. The van der Waals surface area contributed by atoms with Crippen molar-refractivity contribution in [1.29, 1.82) is 0 Å². The van der Waals surface area contributed by atoms with E-state index < -0.39 is 0 Å². The van der Waals surface area contributed by atoms with Crippen molar-refractivity contribution in [2.45, 2.75) is 110 Å². The Morgan fingerprint density at radius 3 is 2.50 bits per heavy atom. The molecular weight excluding hydrogens is 360 g/mol. The van der Waals surface area contributed by atoms with E-state index in [1.165, 1.54) is 83.5 Å². The van der Waals surface area contributed by atoms with Gasteiger partial charge < -0.3 is 0 Å². The summed E-state index contributed by atoms with van der Waals surface area (Å²) in [6.07, 6.45) is 26.1. The summed E-state index contributed by atoms with van der Waals surface area (Å²) in [5.74, 6) is 5.13. The topological polar surface area (TPSA) is 0 Å². The molecular formula is C30H46. The summed E-state index contributed by atoms with van der Waals surface area (Å²) in [6.45, 7) is 4.46. The largest absolute Gasteiger partial charge is 0.0917 e. The number of benzene rings is 1. The molecule has 0 heterocycles. The van der Waals surface area contributed by atoms with E-state index in [0.717, 1.165) is 29.6 Å². The molecule has 1 aromatic carbocycles. The van der Waals surface area contributed by atoms with Gasteiger partial charge in [-0.05, 0) is 130 Å². The molecule has 0 spiro atoms. The van der Waals surface area contributed by atoms with E-state index in [-0.39, 0.29) is 0 Å². The molecule has 2 saturated carbocycles. The van der Waals surface area contributed by atoms with Crippen LogP contribution in [0.4, 0.5) is 0 Å². The molecule has 2 fully saturated rings. The van der Waals surface area contributed by atoms with Gasteiger partial charge in [0, 0.05) is 0 Å². The third-order valence-corrected chi connectivity index (χ3v) is 9.01. The number of allylic oxidation sites excluding steroid dienone is 2. The van der Waals surface area contributed by atoms with Crippen LogP contribution in [0, 0.1) is 29.6 Å². The van der Waals surface area contributed by atoms with Crippen LogP contribution in [-0.4, -0.2) is 0 Å². The Morgan fingerprint density at radius 2 is 1.67 bits per heavy atom. The molecule has 1 aromatic rings. The maximum Gasteiger partial charge on any atom is -0.0245 e. The molecule has 166 valence electrons. The zero-order chi connectivity index (χ0) is 20.8. The highest BCUT2D eigenvalue weighted by atomic mass is 14.4. The minimum Gasteiger partial charge on any atom is -0.0917 e. The number of unbranched alkanes of at least 4 members (excludes halogenated alkanes) is 2. The van der Waals surface area contributed by atoms with Crippen LogP contribution in [0.5, 0.6) is 0 Å². The second-order valence-electron chi connectivity index (χ2n) is 11.0. The number of hydrogen-bond donors (Lipinski definition) is 0. The van der Waals surface area contributed by atoms with Crippen molar-refractivity contribution in [3.63, 3.8) is 0 Å². The van der Waals surface area contributed by atoms with E-state index in [2.05, 4.69) is 44.2 Å². The van der Waals surface area contributed by atoms with Crippen LogP contribution in [0.3, 0.4) is 0 Å². The third-order valence-electron chi connectivity index (χ3n) is 9.01. The second-order valence-corrected chi connectivity index (χ2v) is 11.0. The molecule has 0 aromatic heterocycles. The molecule has 30 heavy (non-hydrogen) atoms. The fourth-order valence-electron chi connectivity index (χ4n) is 7.19. The predicted molar refractivity (Wildman–Crippen MR) is 131 cm³/mol. The highest BCUT2D eigenvalue weighted by Gasteiger charge is 2.38. The van der Waals surface area contributed by atoms with Crippen molar-refractivity contribution in [3.8, 4) is 0 Å². The lowest BCUT2D eigenvalue weighted by Crippen LogP contribution is -2.35. The predicted octanol–water partition coefficient (Wildman–Crippen LogP) is 8.71. The molecule has 5 unspecified atom stereocenters. The van der Waals surface area contributed by atoms with Gasteiger partial charge in [0.05, 0.1) is 0 Å². The molecule has 0 saturated heterocycles. The third kappa shape index (κ3) is 5.60. The van der Waals surface area contributed by atoms with Crippen LogP contribution in [0.2, 0.25) is 0 Å². The first kappa shape index (κ1) is 22.2. The zero-order valence-corrected chi connectivity index (χ0v) is 19.9. The van der Waals surface area contributed by atoms with Crippen LogP contribution >= 0.6 is 0 Å². The first-order valence-electron chi connectivity index (χ1n) is 13.5. The SMILES string of the molecule is CC=CCCC1CCC2CC(C3CCc4cc(CCCCC)ccc4C3)CCC2C1. The average Bonchev–Trinajstić information content (AvgIpc) is 2.78. The second kappa shape index (κ2) is 11.0. The van der Waals surface area contributed by atoms with Crippen molar-refractivity contribution in [1.82, 2.24) is 0 Å².